The van der Waals surface area contributed by atoms with Crippen LogP contribution in [0.15, 0.2) is 5.16 Å². The molecule has 3 heteroatoms. The molecule has 0 aliphatic carbocycles. The molecule has 42 valence electrons. The van der Waals surface area contributed by atoms with Crippen LogP contribution in [0.1, 0.15) is 13.3 Å². The van der Waals surface area contributed by atoms with Crippen molar-refractivity contribution in [1.82, 2.24) is 0 Å². The second-order valence-electron chi connectivity index (χ2n) is 1.75. The van der Waals surface area contributed by atoms with E-state index in [1.54, 1.807) is 0 Å². The van der Waals surface area contributed by atoms with Crippen molar-refractivity contribution in [2.45, 2.75) is 19.4 Å². The lowest BCUT2D eigenvalue weighted by molar-refractivity contribution is 0.125. The first-order chi connectivity index (χ1) is 3.83. The van der Waals surface area contributed by atoms with Gasteiger partial charge in [-0.15, -0.1) is 0 Å². The summed E-state index contributed by atoms with van der Waals surface area (Å²) in [4.78, 5) is 4.64. The Bertz CT molecular complexity index is 156. The summed E-state index contributed by atoms with van der Waals surface area (Å²) in [5.74, 6) is 0. The van der Waals surface area contributed by atoms with Gasteiger partial charge in [0.2, 0.25) is 6.10 Å². The SMILES string of the molecule is CC1=NOC(C#N)C1. The summed E-state index contributed by atoms with van der Waals surface area (Å²) >= 11 is 0. The maximum absolute atomic E-state index is 8.24. The molecule has 0 aromatic heterocycles. The number of oxime groups is 1. The first kappa shape index (κ1) is 5.10. The van der Waals surface area contributed by atoms with Gasteiger partial charge in [0.05, 0.1) is 5.71 Å². The van der Waals surface area contributed by atoms with Gasteiger partial charge in [0.1, 0.15) is 6.07 Å². The van der Waals surface area contributed by atoms with E-state index in [1.165, 1.54) is 0 Å². The number of nitrogens with zero attached hydrogens (tertiary/aromatic N) is 2. The third-order valence-corrected chi connectivity index (χ3v) is 0.961. The fourth-order valence-corrected chi connectivity index (χ4v) is 0.566. The smallest absolute Gasteiger partial charge is 0.217 e. The molecule has 1 heterocycles. The summed E-state index contributed by atoms with van der Waals surface area (Å²) in [5, 5.41) is 11.8. The molecule has 1 rings (SSSR count). The Morgan fingerprint density at radius 3 is 3.00 bits per heavy atom. The van der Waals surface area contributed by atoms with E-state index in [2.05, 4.69) is 9.99 Å². The lowest BCUT2D eigenvalue weighted by Crippen LogP contribution is -2.01. The fourth-order valence-electron chi connectivity index (χ4n) is 0.566. The maximum Gasteiger partial charge on any atom is 0.217 e. The lowest BCUT2D eigenvalue weighted by atomic mass is 10.2. The molecule has 3 nitrogen and oxygen atoms in total. The fraction of sp³-hybridized carbons (Fsp3) is 0.600. The van der Waals surface area contributed by atoms with Crippen LogP contribution in [0.5, 0.6) is 0 Å². The highest BCUT2D eigenvalue weighted by Gasteiger charge is 2.15. The molecular formula is C5H6N2O. The first-order valence-electron chi connectivity index (χ1n) is 2.42. The van der Waals surface area contributed by atoms with Crippen molar-refractivity contribution in [3.63, 3.8) is 0 Å². The van der Waals surface area contributed by atoms with E-state index in [9.17, 15) is 0 Å². The standard InChI is InChI=1S/C5H6N2O/c1-4-2-5(3-6)8-7-4/h5H,2H2,1H3. The molecule has 1 aliphatic rings. The largest absolute Gasteiger partial charge is 0.377 e. The Kier molecular flexibility index (Phi) is 1.17. The van der Waals surface area contributed by atoms with Crippen molar-refractivity contribution in [3.8, 4) is 6.07 Å². The van der Waals surface area contributed by atoms with E-state index in [0.717, 1.165) is 5.71 Å². The molecule has 1 unspecified atom stereocenters. The molecular weight excluding hydrogens is 104 g/mol. The van der Waals surface area contributed by atoms with Gasteiger partial charge in [-0.2, -0.15) is 5.26 Å². The predicted octanol–water partition coefficient (Wildman–Crippen LogP) is 0.675. The van der Waals surface area contributed by atoms with Crippen LogP contribution in [0.25, 0.3) is 0 Å². The number of hydrogen-bond acceptors (Lipinski definition) is 3. The first-order valence-corrected chi connectivity index (χ1v) is 2.42. The molecule has 0 fully saturated rings. The summed E-state index contributed by atoms with van der Waals surface area (Å²) < 4.78 is 0. The van der Waals surface area contributed by atoms with Crippen molar-refractivity contribution >= 4 is 5.71 Å². The van der Waals surface area contributed by atoms with Gasteiger partial charge in [-0.1, -0.05) is 5.16 Å². The van der Waals surface area contributed by atoms with E-state index >= 15 is 0 Å². The van der Waals surface area contributed by atoms with Crippen molar-refractivity contribution in [2.24, 2.45) is 5.16 Å². The van der Waals surface area contributed by atoms with Crippen molar-refractivity contribution in [3.05, 3.63) is 0 Å². The molecule has 0 saturated heterocycles. The zero-order valence-corrected chi connectivity index (χ0v) is 4.59. The number of rotatable bonds is 0. The van der Waals surface area contributed by atoms with Gasteiger partial charge in [-0.25, -0.2) is 0 Å². The van der Waals surface area contributed by atoms with Crippen LogP contribution >= 0.6 is 0 Å². The molecule has 0 bridgehead atoms. The summed E-state index contributed by atoms with van der Waals surface area (Å²) in [6, 6.07) is 1.96. The Morgan fingerprint density at radius 1 is 2.00 bits per heavy atom. The summed E-state index contributed by atoms with van der Waals surface area (Å²) in [5.41, 5.74) is 0.900. The third kappa shape index (κ3) is 0.784. The summed E-state index contributed by atoms with van der Waals surface area (Å²) in [6.45, 7) is 1.84. The second-order valence-corrected chi connectivity index (χ2v) is 1.75. The molecule has 1 aliphatic heterocycles. The highest BCUT2D eigenvalue weighted by Crippen LogP contribution is 2.07. The summed E-state index contributed by atoms with van der Waals surface area (Å²) in [7, 11) is 0. The number of nitriles is 1. The minimum absolute atomic E-state index is 0.324. The molecule has 0 aromatic rings. The van der Waals surface area contributed by atoms with E-state index in [0.29, 0.717) is 6.42 Å². The molecule has 0 spiro atoms. The second kappa shape index (κ2) is 1.83. The molecule has 0 aromatic carbocycles. The molecule has 0 amide bonds. The van der Waals surface area contributed by atoms with Crippen LogP contribution in [0.2, 0.25) is 0 Å². The van der Waals surface area contributed by atoms with Crippen LogP contribution in [0, 0.1) is 11.3 Å². The third-order valence-electron chi connectivity index (χ3n) is 0.961. The zero-order valence-electron chi connectivity index (χ0n) is 4.59. The van der Waals surface area contributed by atoms with Crippen LogP contribution in [-0.2, 0) is 4.84 Å². The van der Waals surface area contributed by atoms with Gasteiger partial charge in [-0.3, -0.25) is 0 Å². The van der Waals surface area contributed by atoms with Crippen molar-refractivity contribution in [1.29, 1.82) is 5.26 Å². The minimum Gasteiger partial charge on any atom is -0.377 e. The molecule has 0 N–H and O–H groups in total. The van der Waals surface area contributed by atoms with Gasteiger partial charge >= 0.3 is 0 Å². The number of hydrogen-bond donors (Lipinski definition) is 0. The Morgan fingerprint density at radius 2 is 2.75 bits per heavy atom. The van der Waals surface area contributed by atoms with Gasteiger partial charge in [0.15, 0.2) is 0 Å². The van der Waals surface area contributed by atoms with Gasteiger partial charge in [-0.05, 0) is 6.92 Å². The normalized spacial score (nSPS) is 26.0. The minimum atomic E-state index is -0.324. The maximum atomic E-state index is 8.24. The topological polar surface area (TPSA) is 45.4 Å². The van der Waals surface area contributed by atoms with E-state index in [1.807, 2.05) is 13.0 Å². The summed E-state index contributed by atoms with van der Waals surface area (Å²) in [6.07, 6.45) is 0.339. The van der Waals surface area contributed by atoms with Crippen molar-refractivity contribution < 1.29 is 4.84 Å². The van der Waals surface area contributed by atoms with Gasteiger partial charge in [0, 0.05) is 6.42 Å². The molecule has 0 radical (unpaired) electrons. The lowest BCUT2D eigenvalue weighted by Gasteiger charge is -1.90. The average molecular weight is 110 g/mol. The Labute approximate surface area is 47.5 Å². The van der Waals surface area contributed by atoms with Gasteiger partial charge in [0.25, 0.3) is 0 Å². The van der Waals surface area contributed by atoms with Crippen LogP contribution in [0.3, 0.4) is 0 Å². The van der Waals surface area contributed by atoms with Crippen LogP contribution < -0.4 is 0 Å². The molecule has 1 atom stereocenters. The Balaban J connectivity index is 2.47. The highest BCUT2D eigenvalue weighted by molar-refractivity contribution is 5.83. The van der Waals surface area contributed by atoms with Gasteiger partial charge < -0.3 is 4.84 Å². The van der Waals surface area contributed by atoms with Crippen molar-refractivity contribution in [2.75, 3.05) is 0 Å². The quantitative estimate of drug-likeness (QED) is 0.460. The predicted molar refractivity (Wildman–Crippen MR) is 28.2 cm³/mol. The molecule has 8 heavy (non-hydrogen) atoms. The van der Waals surface area contributed by atoms with E-state index in [-0.39, 0.29) is 6.10 Å². The van der Waals surface area contributed by atoms with E-state index in [4.69, 9.17) is 5.26 Å². The average Bonchev–Trinajstić information content (AvgIpc) is 2.14. The monoisotopic (exact) mass is 110 g/mol. The van der Waals surface area contributed by atoms with Crippen LogP contribution in [0.4, 0.5) is 0 Å². The zero-order chi connectivity index (χ0) is 5.98. The van der Waals surface area contributed by atoms with Crippen LogP contribution in [-0.4, -0.2) is 11.8 Å². The van der Waals surface area contributed by atoms with E-state index < -0.39 is 0 Å². The highest BCUT2D eigenvalue weighted by atomic mass is 16.6. The molecule has 0 saturated carbocycles. The Hall–Kier alpha value is -1.04.